The lowest BCUT2D eigenvalue weighted by molar-refractivity contribution is -0.134. The van der Waals surface area contributed by atoms with Gasteiger partial charge in [0.25, 0.3) is 0 Å². The Kier molecular flexibility index (Phi) is 6.45. The minimum Gasteiger partial charge on any atom is -0.359 e. The van der Waals surface area contributed by atoms with E-state index in [1.165, 1.54) is 11.1 Å². The van der Waals surface area contributed by atoms with Gasteiger partial charge in [0.05, 0.1) is 6.61 Å². The maximum Gasteiger partial charge on any atom is 0.162 e. The summed E-state index contributed by atoms with van der Waals surface area (Å²) in [6, 6.07) is 0. The van der Waals surface area contributed by atoms with Crippen molar-refractivity contribution in [3.05, 3.63) is 35.5 Å². The van der Waals surface area contributed by atoms with Crippen molar-refractivity contribution >= 4 is 5.78 Å². The van der Waals surface area contributed by atoms with Crippen LogP contribution in [0.5, 0.6) is 0 Å². The fraction of sp³-hybridized carbons (Fsp3) is 0.682. The van der Waals surface area contributed by atoms with Gasteiger partial charge in [-0.25, -0.2) is 0 Å². The third-order valence-electron chi connectivity index (χ3n) is 6.34. The Morgan fingerprint density at radius 1 is 1.36 bits per heavy atom. The molecule has 0 aromatic rings. The Morgan fingerprint density at radius 3 is 2.76 bits per heavy atom. The molecule has 2 aliphatic carbocycles. The van der Waals surface area contributed by atoms with E-state index in [0.29, 0.717) is 31.0 Å². The van der Waals surface area contributed by atoms with Crippen LogP contribution in [0.25, 0.3) is 0 Å². The first-order valence-electron chi connectivity index (χ1n) is 9.36. The number of fused-ring (bicyclic) bond motifs is 1. The molecular formula is C22H34O3. The molecule has 3 atom stereocenters. The van der Waals surface area contributed by atoms with Gasteiger partial charge in [0.1, 0.15) is 6.79 Å². The molecule has 0 saturated carbocycles. The number of hydrogen-bond donors (Lipinski definition) is 0. The number of ketones is 1. The molecule has 0 radical (unpaired) electrons. The second kappa shape index (κ2) is 8.01. The topological polar surface area (TPSA) is 35.5 Å². The van der Waals surface area contributed by atoms with E-state index < -0.39 is 0 Å². The molecule has 0 saturated heterocycles. The lowest BCUT2D eigenvalue weighted by atomic mass is 9.49. The van der Waals surface area contributed by atoms with Crippen molar-refractivity contribution in [3.8, 4) is 0 Å². The molecule has 25 heavy (non-hydrogen) atoms. The molecule has 0 unspecified atom stereocenters. The van der Waals surface area contributed by atoms with Gasteiger partial charge in [-0.15, -0.1) is 0 Å². The van der Waals surface area contributed by atoms with Crippen LogP contribution < -0.4 is 0 Å². The molecule has 2 rings (SSSR count). The van der Waals surface area contributed by atoms with Gasteiger partial charge in [-0.3, -0.25) is 4.79 Å². The summed E-state index contributed by atoms with van der Waals surface area (Å²) in [7, 11) is 1.63. The van der Waals surface area contributed by atoms with E-state index in [0.717, 1.165) is 19.3 Å². The van der Waals surface area contributed by atoms with Crippen LogP contribution in [-0.2, 0) is 14.3 Å². The van der Waals surface area contributed by atoms with E-state index in [9.17, 15) is 4.79 Å². The van der Waals surface area contributed by atoms with Crippen molar-refractivity contribution in [2.24, 2.45) is 22.7 Å². The molecule has 0 aromatic carbocycles. The van der Waals surface area contributed by atoms with Gasteiger partial charge in [-0.05, 0) is 56.4 Å². The molecule has 0 aromatic heterocycles. The second-order valence-corrected chi connectivity index (χ2v) is 8.46. The van der Waals surface area contributed by atoms with E-state index in [-0.39, 0.29) is 10.8 Å². The van der Waals surface area contributed by atoms with E-state index in [1.807, 2.05) is 6.08 Å². The normalized spacial score (nSPS) is 31.7. The minimum atomic E-state index is -0.288. The second-order valence-electron chi connectivity index (χ2n) is 8.46. The number of rotatable bonds is 7. The molecule has 3 nitrogen and oxygen atoms in total. The number of carbonyl (C=O) groups excluding carboxylic acids is 1. The molecule has 0 spiro atoms. The standard InChI is InChI=1S/C22H34O3/c1-16(12-14-25-15-24-6)7-9-18-17(2)8-10-19-21(3,4)13-11-20(23)22(18,19)5/h8,11-13,18-19H,7,9-10,14-15H2,1-6H3/b16-12+/t18-,19-,22-/m0/s1. The zero-order valence-electron chi connectivity index (χ0n) is 16.7. The number of allylic oxidation sites excluding steroid dienone is 5. The minimum absolute atomic E-state index is 0.0665. The van der Waals surface area contributed by atoms with Crippen molar-refractivity contribution in [2.75, 3.05) is 20.5 Å². The Hall–Kier alpha value is -1.19. The van der Waals surface area contributed by atoms with Gasteiger partial charge in [0.15, 0.2) is 5.78 Å². The first-order chi connectivity index (χ1) is 11.7. The monoisotopic (exact) mass is 346 g/mol. The van der Waals surface area contributed by atoms with Gasteiger partial charge in [0, 0.05) is 12.5 Å². The van der Waals surface area contributed by atoms with Crippen LogP contribution in [0.2, 0.25) is 0 Å². The maximum atomic E-state index is 12.9. The summed E-state index contributed by atoms with van der Waals surface area (Å²) in [5.41, 5.74) is 2.47. The highest BCUT2D eigenvalue weighted by atomic mass is 16.7. The predicted octanol–water partition coefficient (Wildman–Crippen LogP) is 5.09. The van der Waals surface area contributed by atoms with Crippen LogP contribution in [0.1, 0.15) is 53.9 Å². The smallest absolute Gasteiger partial charge is 0.162 e. The summed E-state index contributed by atoms with van der Waals surface area (Å²) in [5, 5.41) is 0. The van der Waals surface area contributed by atoms with Crippen LogP contribution in [0.3, 0.4) is 0 Å². The summed E-state index contributed by atoms with van der Waals surface area (Å²) >= 11 is 0. The van der Waals surface area contributed by atoms with E-state index in [4.69, 9.17) is 9.47 Å². The Bertz CT molecular complexity index is 582. The third kappa shape index (κ3) is 4.15. The van der Waals surface area contributed by atoms with Crippen LogP contribution in [-0.4, -0.2) is 26.3 Å². The molecule has 3 heteroatoms. The molecule has 2 aliphatic rings. The van der Waals surface area contributed by atoms with E-state index in [2.05, 4.69) is 52.8 Å². The van der Waals surface area contributed by atoms with Gasteiger partial charge < -0.3 is 9.47 Å². The van der Waals surface area contributed by atoms with Crippen molar-refractivity contribution in [1.82, 2.24) is 0 Å². The highest BCUT2D eigenvalue weighted by molar-refractivity contribution is 5.96. The number of methoxy groups -OCH3 is 1. The fourth-order valence-corrected chi connectivity index (χ4v) is 4.75. The number of hydrogen-bond acceptors (Lipinski definition) is 3. The maximum absolute atomic E-state index is 12.9. The van der Waals surface area contributed by atoms with E-state index in [1.54, 1.807) is 7.11 Å². The Morgan fingerprint density at radius 2 is 2.08 bits per heavy atom. The average molecular weight is 347 g/mol. The zero-order chi connectivity index (χ0) is 18.7. The van der Waals surface area contributed by atoms with Crippen LogP contribution in [0.4, 0.5) is 0 Å². The van der Waals surface area contributed by atoms with Crippen molar-refractivity contribution < 1.29 is 14.3 Å². The van der Waals surface area contributed by atoms with Crippen molar-refractivity contribution in [2.45, 2.75) is 53.9 Å². The molecule has 140 valence electrons. The van der Waals surface area contributed by atoms with Crippen LogP contribution >= 0.6 is 0 Å². The zero-order valence-corrected chi connectivity index (χ0v) is 16.7. The van der Waals surface area contributed by atoms with Gasteiger partial charge in [-0.2, -0.15) is 0 Å². The molecule has 0 aliphatic heterocycles. The molecular weight excluding hydrogens is 312 g/mol. The highest BCUT2D eigenvalue weighted by Crippen LogP contribution is 2.57. The summed E-state index contributed by atoms with van der Waals surface area (Å²) in [4.78, 5) is 12.9. The number of carbonyl (C=O) groups is 1. The fourth-order valence-electron chi connectivity index (χ4n) is 4.75. The Labute approximate surface area is 153 Å². The largest absolute Gasteiger partial charge is 0.359 e. The lowest BCUT2D eigenvalue weighted by Gasteiger charge is -2.53. The van der Waals surface area contributed by atoms with Gasteiger partial charge in [-0.1, -0.05) is 50.1 Å². The van der Waals surface area contributed by atoms with Gasteiger partial charge >= 0.3 is 0 Å². The predicted molar refractivity (Wildman–Crippen MR) is 102 cm³/mol. The van der Waals surface area contributed by atoms with Crippen molar-refractivity contribution in [1.29, 1.82) is 0 Å². The van der Waals surface area contributed by atoms with Gasteiger partial charge in [0.2, 0.25) is 0 Å². The average Bonchev–Trinajstić information content (AvgIpc) is 2.55. The van der Waals surface area contributed by atoms with Crippen LogP contribution in [0.15, 0.2) is 35.5 Å². The summed E-state index contributed by atoms with van der Waals surface area (Å²) in [5.74, 6) is 0.992. The molecule has 0 heterocycles. The first-order valence-corrected chi connectivity index (χ1v) is 9.36. The summed E-state index contributed by atoms with van der Waals surface area (Å²) in [6.45, 7) is 12.0. The quantitative estimate of drug-likeness (QED) is 0.366. The molecule has 0 fully saturated rings. The third-order valence-corrected chi connectivity index (χ3v) is 6.34. The molecule has 0 bridgehead atoms. The molecule has 0 amide bonds. The first kappa shape index (κ1) is 20.1. The SMILES string of the molecule is COCOC/C=C(\C)CC[C@H]1C(C)=CC[C@H]2C(C)(C)C=CC(=O)[C@@]12C. The number of ether oxygens (including phenoxy) is 2. The van der Waals surface area contributed by atoms with E-state index >= 15 is 0 Å². The van der Waals surface area contributed by atoms with Crippen LogP contribution in [0, 0.1) is 22.7 Å². The lowest BCUT2D eigenvalue weighted by Crippen LogP contribution is -2.51. The molecule has 0 N–H and O–H groups in total. The van der Waals surface area contributed by atoms with Crippen molar-refractivity contribution in [3.63, 3.8) is 0 Å². The Balaban J connectivity index is 2.13. The highest BCUT2D eigenvalue weighted by Gasteiger charge is 2.54. The summed E-state index contributed by atoms with van der Waals surface area (Å²) in [6.07, 6.45) is 11.4. The summed E-state index contributed by atoms with van der Waals surface area (Å²) < 4.78 is 10.2.